The standard InChI is InChI=1S/C16H27NO/c1-3-4-5-6-7-8-9-16(17)14-10-12-15(18-2)13-11-14/h10-13,16H,3-9,17H2,1-2H3. The third-order valence-electron chi connectivity index (χ3n) is 3.41. The van der Waals surface area contributed by atoms with Gasteiger partial charge in [-0.1, -0.05) is 57.6 Å². The Morgan fingerprint density at radius 1 is 1.00 bits per heavy atom. The van der Waals surface area contributed by atoms with E-state index >= 15 is 0 Å². The van der Waals surface area contributed by atoms with Gasteiger partial charge in [0.2, 0.25) is 0 Å². The first-order valence-electron chi connectivity index (χ1n) is 7.17. The molecular formula is C16H27NO. The Kier molecular flexibility index (Phi) is 7.51. The number of hydrogen-bond acceptors (Lipinski definition) is 2. The quantitative estimate of drug-likeness (QED) is 0.656. The molecule has 0 fully saturated rings. The minimum absolute atomic E-state index is 0.169. The van der Waals surface area contributed by atoms with Crippen LogP contribution in [0.25, 0.3) is 0 Å². The summed E-state index contributed by atoms with van der Waals surface area (Å²) in [6, 6.07) is 8.27. The van der Waals surface area contributed by atoms with Crippen molar-refractivity contribution in [1.29, 1.82) is 0 Å². The van der Waals surface area contributed by atoms with Crippen molar-refractivity contribution in [2.45, 2.75) is 57.9 Å². The third-order valence-corrected chi connectivity index (χ3v) is 3.41. The molecule has 0 aromatic heterocycles. The van der Waals surface area contributed by atoms with Crippen LogP contribution in [0, 0.1) is 0 Å². The van der Waals surface area contributed by atoms with Crippen LogP contribution in [0.15, 0.2) is 24.3 Å². The van der Waals surface area contributed by atoms with Crippen molar-refractivity contribution in [2.75, 3.05) is 7.11 Å². The van der Waals surface area contributed by atoms with Gasteiger partial charge in [-0.25, -0.2) is 0 Å². The largest absolute Gasteiger partial charge is 0.497 e. The number of rotatable bonds is 9. The molecule has 0 spiro atoms. The van der Waals surface area contributed by atoms with E-state index < -0.39 is 0 Å². The highest BCUT2D eigenvalue weighted by Gasteiger charge is 2.05. The molecule has 102 valence electrons. The van der Waals surface area contributed by atoms with E-state index in [2.05, 4.69) is 19.1 Å². The van der Waals surface area contributed by atoms with Crippen LogP contribution in [0.4, 0.5) is 0 Å². The fourth-order valence-corrected chi connectivity index (χ4v) is 2.16. The summed E-state index contributed by atoms with van der Waals surface area (Å²) in [6.07, 6.45) is 9.02. The first-order valence-corrected chi connectivity index (χ1v) is 7.17. The maximum atomic E-state index is 6.19. The minimum Gasteiger partial charge on any atom is -0.497 e. The van der Waals surface area contributed by atoms with Crippen molar-refractivity contribution in [1.82, 2.24) is 0 Å². The van der Waals surface area contributed by atoms with Crippen molar-refractivity contribution in [2.24, 2.45) is 5.73 Å². The molecule has 0 radical (unpaired) electrons. The van der Waals surface area contributed by atoms with Gasteiger partial charge in [0, 0.05) is 6.04 Å². The summed E-state index contributed by atoms with van der Waals surface area (Å²) in [5.74, 6) is 0.894. The molecule has 0 aliphatic heterocycles. The van der Waals surface area contributed by atoms with E-state index in [4.69, 9.17) is 10.5 Å². The van der Waals surface area contributed by atoms with Crippen LogP contribution in [0.1, 0.15) is 63.5 Å². The molecule has 0 bridgehead atoms. The summed E-state index contributed by atoms with van der Waals surface area (Å²) in [5, 5.41) is 0. The van der Waals surface area contributed by atoms with Crippen LogP contribution < -0.4 is 10.5 Å². The Labute approximate surface area is 112 Å². The summed E-state index contributed by atoms with van der Waals surface area (Å²) in [7, 11) is 1.69. The van der Waals surface area contributed by atoms with Crippen LogP contribution >= 0.6 is 0 Å². The lowest BCUT2D eigenvalue weighted by Crippen LogP contribution is -2.09. The Morgan fingerprint density at radius 2 is 1.61 bits per heavy atom. The number of nitrogens with two attached hydrogens (primary N) is 1. The topological polar surface area (TPSA) is 35.2 Å². The molecule has 0 aliphatic carbocycles. The van der Waals surface area contributed by atoms with Gasteiger partial charge >= 0.3 is 0 Å². The van der Waals surface area contributed by atoms with Crippen LogP contribution in [0.5, 0.6) is 5.75 Å². The molecule has 1 rings (SSSR count). The van der Waals surface area contributed by atoms with E-state index in [1.807, 2.05) is 12.1 Å². The Morgan fingerprint density at radius 3 is 2.22 bits per heavy atom. The summed E-state index contributed by atoms with van der Waals surface area (Å²) in [5.41, 5.74) is 7.40. The Balaban J connectivity index is 2.21. The van der Waals surface area contributed by atoms with Gasteiger partial charge in [-0.05, 0) is 24.1 Å². The van der Waals surface area contributed by atoms with E-state index in [-0.39, 0.29) is 6.04 Å². The highest BCUT2D eigenvalue weighted by atomic mass is 16.5. The fraction of sp³-hybridized carbons (Fsp3) is 0.625. The second-order valence-corrected chi connectivity index (χ2v) is 4.94. The Bertz CT molecular complexity index is 307. The van der Waals surface area contributed by atoms with Gasteiger partial charge in [-0.15, -0.1) is 0 Å². The predicted octanol–water partition coefficient (Wildman–Crippen LogP) is 4.45. The molecule has 2 N–H and O–H groups in total. The molecule has 2 nitrogen and oxygen atoms in total. The molecule has 0 saturated carbocycles. The lowest BCUT2D eigenvalue weighted by atomic mass is 10.0. The van der Waals surface area contributed by atoms with Crippen LogP contribution in [0.2, 0.25) is 0 Å². The normalized spacial score (nSPS) is 12.4. The van der Waals surface area contributed by atoms with Gasteiger partial charge in [-0.3, -0.25) is 0 Å². The number of benzene rings is 1. The van der Waals surface area contributed by atoms with Crippen molar-refractivity contribution >= 4 is 0 Å². The molecule has 1 aromatic carbocycles. The predicted molar refractivity (Wildman–Crippen MR) is 77.9 cm³/mol. The Hall–Kier alpha value is -1.02. The second-order valence-electron chi connectivity index (χ2n) is 4.94. The molecule has 0 heterocycles. The zero-order chi connectivity index (χ0) is 13.2. The molecule has 0 saturated heterocycles. The van der Waals surface area contributed by atoms with E-state index in [1.165, 1.54) is 44.1 Å². The summed E-state index contributed by atoms with van der Waals surface area (Å²) in [4.78, 5) is 0. The van der Waals surface area contributed by atoms with Gasteiger partial charge in [0.25, 0.3) is 0 Å². The van der Waals surface area contributed by atoms with Gasteiger partial charge in [0.05, 0.1) is 7.11 Å². The molecule has 0 aliphatic rings. The van der Waals surface area contributed by atoms with Gasteiger partial charge in [0.1, 0.15) is 5.75 Å². The lowest BCUT2D eigenvalue weighted by Gasteiger charge is -2.12. The monoisotopic (exact) mass is 249 g/mol. The van der Waals surface area contributed by atoms with Crippen molar-refractivity contribution in [3.05, 3.63) is 29.8 Å². The van der Waals surface area contributed by atoms with E-state index in [1.54, 1.807) is 7.11 Å². The van der Waals surface area contributed by atoms with E-state index in [0.29, 0.717) is 0 Å². The number of hydrogen-bond donors (Lipinski definition) is 1. The summed E-state index contributed by atoms with van der Waals surface area (Å²) < 4.78 is 5.14. The molecule has 1 unspecified atom stereocenters. The summed E-state index contributed by atoms with van der Waals surface area (Å²) in [6.45, 7) is 2.25. The maximum Gasteiger partial charge on any atom is 0.118 e. The fourth-order valence-electron chi connectivity index (χ4n) is 2.16. The molecule has 18 heavy (non-hydrogen) atoms. The van der Waals surface area contributed by atoms with Gasteiger partial charge in [0.15, 0.2) is 0 Å². The minimum atomic E-state index is 0.169. The SMILES string of the molecule is CCCCCCCCC(N)c1ccc(OC)cc1. The summed E-state index contributed by atoms with van der Waals surface area (Å²) >= 11 is 0. The third kappa shape index (κ3) is 5.54. The van der Waals surface area contributed by atoms with Gasteiger partial charge in [-0.2, -0.15) is 0 Å². The van der Waals surface area contributed by atoms with E-state index in [9.17, 15) is 0 Å². The molecule has 0 amide bonds. The molecule has 1 aromatic rings. The number of ether oxygens (including phenoxy) is 1. The smallest absolute Gasteiger partial charge is 0.118 e. The van der Waals surface area contributed by atoms with Crippen LogP contribution in [-0.4, -0.2) is 7.11 Å². The first-order chi connectivity index (χ1) is 8.77. The number of methoxy groups -OCH3 is 1. The first kappa shape index (κ1) is 15.0. The highest BCUT2D eigenvalue weighted by Crippen LogP contribution is 2.20. The molecule has 2 heteroatoms. The second kappa shape index (κ2) is 8.98. The highest BCUT2D eigenvalue weighted by molar-refractivity contribution is 5.28. The van der Waals surface area contributed by atoms with Gasteiger partial charge < -0.3 is 10.5 Å². The zero-order valence-corrected chi connectivity index (χ0v) is 11.8. The lowest BCUT2D eigenvalue weighted by molar-refractivity contribution is 0.414. The van der Waals surface area contributed by atoms with Crippen molar-refractivity contribution in [3.63, 3.8) is 0 Å². The molecule has 1 atom stereocenters. The van der Waals surface area contributed by atoms with E-state index in [0.717, 1.165) is 12.2 Å². The van der Waals surface area contributed by atoms with Crippen LogP contribution in [0.3, 0.4) is 0 Å². The maximum absolute atomic E-state index is 6.19. The zero-order valence-electron chi connectivity index (χ0n) is 11.8. The van der Waals surface area contributed by atoms with Crippen molar-refractivity contribution in [3.8, 4) is 5.75 Å². The number of unbranched alkanes of at least 4 members (excludes halogenated alkanes) is 5. The average Bonchev–Trinajstić information content (AvgIpc) is 2.42. The molecular weight excluding hydrogens is 222 g/mol. The average molecular weight is 249 g/mol. The van der Waals surface area contributed by atoms with Crippen molar-refractivity contribution < 1.29 is 4.74 Å². The van der Waals surface area contributed by atoms with Crippen LogP contribution in [-0.2, 0) is 0 Å².